The number of nitrogens with one attached hydrogen (secondary N) is 1. The lowest BCUT2D eigenvalue weighted by molar-refractivity contribution is -0.122. The number of amides is 2. The first kappa shape index (κ1) is 27.5. The lowest BCUT2D eigenvalue weighted by Crippen LogP contribution is -2.42. The second-order valence-electron chi connectivity index (χ2n) is 9.15. The maximum absolute atomic E-state index is 13.7. The number of hydrogen-bond donors (Lipinski definition) is 1. The SMILES string of the molecule is COCCCNC(=O)CN1C(=O)CS[C@H](c2ccccc2Cl)c2c(-c3cccs3)nn(-c3ccccc3C)c21. The summed E-state index contributed by atoms with van der Waals surface area (Å²) in [7, 11) is 1.63. The summed E-state index contributed by atoms with van der Waals surface area (Å²) in [6.07, 6.45) is 0.690. The molecule has 0 radical (unpaired) electrons. The van der Waals surface area contributed by atoms with Crippen molar-refractivity contribution in [3.05, 3.63) is 87.8 Å². The number of nitrogens with zero attached hydrogens (tertiary/aromatic N) is 3. The molecule has 5 rings (SSSR count). The van der Waals surface area contributed by atoms with Gasteiger partial charge in [0.15, 0.2) is 0 Å². The number of thiophene rings is 1. The number of aromatic nitrogens is 2. The molecule has 1 aliphatic rings. The summed E-state index contributed by atoms with van der Waals surface area (Å²) in [5.41, 5.74) is 4.41. The summed E-state index contributed by atoms with van der Waals surface area (Å²) in [5, 5.41) is 10.4. The van der Waals surface area contributed by atoms with Crippen LogP contribution >= 0.6 is 34.7 Å². The van der Waals surface area contributed by atoms with E-state index in [1.807, 2.05) is 77.6 Å². The molecule has 0 fully saturated rings. The molecular weight excluding hydrogens is 552 g/mol. The van der Waals surface area contributed by atoms with Gasteiger partial charge in [0.2, 0.25) is 11.8 Å². The Morgan fingerprint density at radius 3 is 2.69 bits per heavy atom. The molecule has 2 amide bonds. The van der Waals surface area contributed by atoms with Gasteiger partial charge in [0.05, 0.1) is 21.6 Å². The van der Waals surface area contributed by atoms with Crippen molar-refractivity contribution in [2.75, 3.05) is 37.5 Å². The van der Waals surface area contributed by atoms with E-state index in [4.69, 9.17) is 21.4 Å². The first-order chi connectivity index (χ1) is 19.0. The van der Waals surface area contributed by atoms with E-state index in [1.54, 1.807) is 23.3 Å². The highest BCUT2D eigenvalue weighted by atomic mass is 35.5. The Balaban J connectivity index is 1.71. The van der Waals surface area contributed by atoms with Crippen LogP contribution in [-0.4, -0.2) is 54.2 Å². The molecule has 2 aromatic carbocycles. The van der Waals surface area contributed by atoms with Gasteiger partial charge in [0.1, 0.15) is 18.1 Å². The number of benzene rings is 2. The number of anilines is 1. The van der Waals surface area contributed by atoms with E-state index < -0.39 is 0 Å². The van der Waals surface area contributed by atoms with Crippen molar-refractivity contribution in [2.45, 2.75) is 18.6 Å². The Morgan fingerprint density at radius 2 is 1.95 bits per heavy atom. The number of carbonyl (C=O) groups excluding carboxylic acids is 2. The average Bonchev–Trinajstić information content (AvgIpc) is 3.57. The molecule has 7 nitrogen and oxygen atoms in total. The molecule has 10 heteroatoms. The molecule has 1 atom stereocenters. The largest absolute Gasteiger partial charge is 0.385 e. The monoisotopic (exact) mass is 580 g/mol. The number of thioether (sulfide) groups is 1. The molecule has 1 N–H and O–H groups in total. The van der Waals surface area contributed by atoms with Gasteiger partial charge in [-0.25, -0.2) is 4.68 Å². The number of rotatable bonds is 9. The van der Waals surface area contributed by atoms with Crippen LogP contribution in [0, 0.1) is 6.92 Å². The van der Waals surface area contributed by atoms with Crippen LogP contribution in [0.1, 0.15) is 28.4 Å². The van der Waals surface area contributed by atoms with Gasteiger partial charge >= 0.3 is 0 Å². The highest BCUT2D eigenvalue weighted by Gasteiger charge is 2.38. The van der Waals surface area contributed by atoms with Gasteiger partial charge in [-0.3, -0.25) is 14.5 Å². The highest BCUT2D eigenvalue weighted by Crippen LogP contribution is 2.50. The summed E-state index contributed by atoms with van der Waals surface area (Å²) in [6.45, 7) is 2.92. The van der Waals surface area contributed by atoms with Gasteiger partial charge < -0.3 is 10.1 Å². The quantitative estimate of drug-likeness (QED) is 0.250. The Bertz CT molecular complexity index is 1470. The topological polar surface area (TPSA) is 76.5 Å². The fourth-order valence-corrected chi connectivity index (χ4v) is 6.93. The minimum absolute atomic E-state index is 0.115. The van der Waals surface area contributed by atoms with Crippen LogP contribution in [0.15, 0.2) is 66.0 Å². The molecule has 0 bridgehead atoms. The fraction of sp³-hybridized carbons (Fsp3) is 0.276. The molecule has 202 valence electrons. The normalized spacial score (nSPS) is 15.2. The first-order valence-corrected chi connectivity index (χ1v) is 14.9. The number of carbonyl (C=O) groups is 2. The number of ether oxygens (including phenoxy) is 1. The summed E-state index contributed by atoms with van der Waals surface area (Å²) >= 11 is 9.83. The van der Waals surface area contributed by atoms with Crippen LogP contribution in [0.5, 0.6) is 0 Å². The van der Waals surface area contributed by atoms with Gasteiger partial charge in [0.25, 0.3) is 0 Å². The molecule has 1 aliphatic heterocycles. The molecule has 2 aromatic heterocycles. The molecular formula is C29H29ClN4O3S2. The molecule has 4 aromatic rings. The van der Waals surface area contributed by atoms with Crippen molar-refractivity contribution in [3.8, 4) is 16.3 Å². The van der Waals surface area contributed by atoms with E-state index in [0.29, 0.717) is 30.4 Å². The maximum atomic E-state index is 13.7. The fourth-order valence-electron chi connectivity index (χ4n) is 4.66. The minimum Gasteiger partial charge on any atom is -0.385 e. The Labute approximate surface area is 241 Å². The number of hydrogen-bond acceptors (Lipinski definition) is 6. The smallest absolute Gasteiger partial charge is 0.240 e. The number of aryl methyl sites for hydroxylation is 1. The zero-order valence-corrected chi connectivity index (χ0v) is 24.1. The van der Waals surface area contributed by atoms with E-state index in [9.17, 15) is 9.59 Å². The van der Waals surface area contributed by atoms with Crippen LogP contribution in [0.4, 0.5) is 5.82 Å². The van der Waals surface area contributed by atoms with E-state index in [0.717, 1.165) is 32.9 Å². The van der Waals surface area contributed by atoms with Gasteiger partial charge in [-0.1, -0.05) is 54.1 Å². The third kappa shape index (κ3) is 5.77. The predicted octanol–water partition coefficient (Wildman–Crippen LogP) is 5.88. The average molecular weight is 581 g/mol. The third-order valence-electron chi connectivity index (χ3n) is 6.52. The Morgan fingerprint density at radius 1 is 1.15 bits per heavy atom. The van der Waals surface area contributed by atoms with Crippen molar-refractivity contribution in [1.29, 1.82) is 0 Å². The molecule has 0 aliphatic carbocycles. The lowest BCUT2D eigenvalue weighted by atomic mass is 10.0. The van der Waals surface area contributed by atoms with E-state index >= 15 is 0 Å². The molecule has 39 heavy (non-hydrogen) atoms. The van der Waals surface area contributed by atoms with Crippen molar-refractivity contribution in [1.82, 2.24) is 15.1 Å². The van der Waals surface area contributed by atoms with Gasteiger partial charge in [-0.15, -0.1) is 23.1 Å². The van der Waals surface area contributed by atoms with Crippen molar-refractivity contribution >= 4 is 52.3 Å². The second kappa shape index (κ2) is 12.4. The number of fused-ring (bicyclic) bond motifs is 1. The molecule has 0 saturated carbocycles. The number of halogens is 1. The zero-order valence-electron chi connectivity index (χ0n) is 21.7. The summed E-state index contributed by atoms with van der Waals surface area (Å²) in [5.74, 6) is 0.399. The lowest BCUT2D eigenvalue weighted by Gasteiger charge is -2.24. The van der Waals surface area contributed by atoms with Crippen LogP contribution in [-0.2, 0) is 14.3 Å². The predicted molar refractivity (Wildman–Crippen MR) is 159 cm³/mol. The van der Waals surface area contributed by atoms with Crippen LogP contribution < -0.4 is 10.2 Å². The van der Waals surface area contributed by atoms with E-state index in [1.165, 1.54) is 11.8 Å². The van der Waals surface area contributed by atoms with Crippen LogP contribution in [0.25, 0.3) is 16.3 Å². The van der Waals surface area contributed by atoms with Crippen LogP contribution in [0.2, 0.25) is 5.02 Å². The zero-order chi connectivity index (χ0) is 27.4. The van der Waals surface area contributed by atoms with Crippen molar-refractivity contribution in [2.24, 2.45) is 0 Å². The second-order valence-corrected chi connectivity index (χ2v) is 11.6. The maximum Gasteiger partial charge on any atom is 0.240 e. The Hall–Kier alpha value is -3.11. The number of methoxy groups -OCH3 is 1. The first-order valence-electron chi connectivity index (χ1n) is 12.6. The third-order valence-corrected chi connectivity index (χ3v) is 8.98. The van der Waals surface area contributed by atoms with E-state index in [-0.39, 0.29) is 29.4 Å². The molecule has 3 heterocycles. The minimum atomic E-state index is -0.262. The molecule has 0 saturated heterocycles. The number of para-hydroxylation sites is 1. The van der Waals surface area contributed by atoms with Crippen molar-refractivity contribution in [3.63, 3.8) is 0 Å². The summed E-state index contributed by atoms with van der Waals surface area (Å²) < 4.78 is 6.92. The molecule has 0 unspecified atom stereocenters. The summed E-state index contributed by atoms with van der Waals surface area (Å²) in [6, 6.07) is 19.7. The van der Waals surface area contributed by atoms with Gasteiger partial charge in [0, 0.05) is 30.8 Å². The Kier molecular flexibility index (Phi) is 8.72. The van der Waals surface area contributed by atoms with Crippen LogP contribution in [0.3, 0.4) is 0 Å². The summed E-state index contributed by atoms with van der Waals surface area (Å²) in [4.78, 5) is 29.4. The highest BCUT2D eigenvalue weighted by molar-refractivity contribution is 8.00. The van der Waals surface area contributed by atoms with Gasteiger partial charge in [-0.05, 0) is 48.1 Å². The van der Waals surface area contributed by atoms with Crippen molar-refractivity contribution < 1.29 is 14.3 Å². The molecule has 0 spiro atoms. The standard InChI is InChI=1S/C29H29ClN4O3S2/c1-19-9-3-6-12-22(19)34-29-26(27(32-34)23-13-7-16-38-23)28(20-10-4-5-11-21(20)30)39-18-25(36)33(29)17-24(35)31-14-8-15-37-2/h3-7,9-13,16,28H,8,14-15,17-18H2,1-2H3,(H,31,35)/t28-/m1/s1. The van der Waals surface area contributed by atoms with E-state index in [2.05, 4.69) is 5.32 Å². The van der Waals surface area contributed by atoms with Gasteiger partial charge in [-0.2, -0.15) is 5.10 Å².